The van der Waals surface area contributed by atoms with Gasteiger partial charge in [-0.2, -0.15) is 0 Å². The number of pyridine rings is 2. The third-order valence-corrected chi connectivity index (χ3v) is 2.97. The predicted octanol–water partition coefficient (Wildman–Crippen LogP) is 3.34. The topological polar surface area (TPSA) is 37.8 Å². The van der Waals surface area contributed by atoms with Crippen LogP contribution in [0.5, 0.6) is 0 Å². The number of nitrogens with zero attached hydrogens (tertiary/aromatic N) is 2. The van der Waals surface area contributed by atoms with Crippen molar-refractivity contribution in [1.82, 2.24) is 9.97 Å². The number of hydrogen-bond donors (Lipinski definition) is 1. The molecule has 1 aromatic carbocycles. The van der Waals surface area contributed by atoms with Gasteiger partial charge in [-0.05, 0) is 24.3 Å². The highest BCUT2D eigenvalue weighted by Gasteiger charge is 2.05. The summed E-state index contributed by atoms with van der Waals surface area (Å²) in [5, 5.41) is 4.26. The molecule has 3 rings (SSSR count). The normalized spacial score (nSPS) is 10.5. The van der Waals surface area contributed by atoms with E-state index < -0.39 is 0 Å². The summed E-state index contributed by atoms with van der Waals surface area (Å²) in [5.74, 6) is 0. The first-order valence-corrected chi connectivity index (χ1v) is 5.86. The highest BCUT2D eigenvalue weighted by molar-refractivity contribution is 5.93. The lowest BCUT2D eigenvalue weighted by Crippen LogP contribution is -1.91. The zero-order chi connectivity index (χ0) is 12.4. The molecule has 0 aliphatic heterocycles. The van der Waals surface area contributed by atoms with E-state index in [1.54, 1.807) is 0 Å². The Morgan fingerprint density at radius 3 is 2.78 bits per heavy atom. The Kier molecular flexibility index (Phi) is 2.65. The molecule has 0 bridgehead atoms. The summed E-state index contributed by atoms with van der Waals surface area (Å²) in [6.45, 7) is 0. The van der Waals surface area contributed by atoms with E-state index in [1.165, 1.54) is 0 Å². The standard InChI is InChI=1S/C15H13N3/c1-16-11-7-9-18-15(10-11)13-4-2-6-14-12(13)5-3-8-17-14/h2-10H,1H3,(H,16,18). The molecule has 88 valence electrons. The molecule has 0 aliphatic carbocycles. The molecule has 2 aromatic heterocycles. The summed E-state index contributed by atoms with van der Waals surface area (Å²) < 4.78 is 0. The van der Waals surface area contributed by atoms with Gasteiger partial charge in [0.05, 0.1) is 11.2 Å². The lowest BCUT2D eigenvalue weighted by atomic mass is 10.0. The Balaban J connectivity index is 2.24. The van der Waals surface area contributed by atoms with Crippen molar-refractivity contribution in [3.8, 4) is 11.3 Å². The van der Waals surface area contributed by atoms with Gasteiger partial charge in [0.25, 0.3) is 0 Å². The molecule has 3 aromatic rings. The number of hydrogen-bond acceptors (Lipinski definition) is 3. The van der Waals surface area contributed by atoms with Crippen LogP contribution in [0.15, 0.2) is 54.9 Å². The first-order valence-electron chi connectivity index (χ1n) is 5.86. The highest BCUT2D eigenvalue weighted by atomic mass is 14.8. The molecule has 0 fully saturated rings. The van der Waals surface area contributed by atoms with Crippen molar-refractivity contribution in [3.63, 3.8) is 0 Å². The maximum Gasteiger partial charge on any atom is 0.0729 e. The number of fused-ring (bicyclic) bond motifs is 1. The van der Waals surface area contributed by atoms with Crippen molar-refractivity contribution in [2.75, 3.05) is 12.4 Å². The molecule has 0 spiro atoms. The monoisotopic (exact) mass is 235 g/mol. The number of rotatable bonds is 2. The fourth-order valence-electron chi connectivity index (χ4n) is 2.06. The van der Waals surface area contributed by atoms with Crippen LogP contribution in [0.3, 0.4) is 0 Å². The van der Waals surface area contributed by atoms with Gasteiger partial charge in [0.1, 0.15) is 0 Å². The summed E-state index contributed by atoms with van der Waals surface area (Å²) in [6.07, 6.45) is 3.62. The average molecular weight is 235 g/mol. The largest absolute Gasteiger partial charge is 0.388 e. The maximum absolute atomic E-state index is 4.44. The summed E-state index contributed by atoms with van der Waals surface area (Å²) in [4.78, 5) is 8.81. The molecule has 0 unspecified atom stereocenters. The van der Waals surface area contributed by atoms with Crippen molar-refractivity contribution < 1.29 is 0 Å². The van der Waals surface area contributed by atoms with Gasteiger partial charge in [-0.3, -0.25) is 9.97 Å². The second-order valence-electron chi connectivity index (χ2n) is 4.06. The lowest BCUT2D eigenvalue weighted by molar-refractivity contribution is 1.32. The van der Waals surface area contributed by atoms with E-state index >= 15 is 0 Å². The van der Waals surface area contributed by atoms with E-state index in [0.717, 1.165) is 27.8 Å². The molecule has 3 heteroatoms. The first-order chi connectivity index (χ1) is 8.88. The van der Waals surface area contributed by atoms with Gasteiger partial charge >= 0.3 is 0 Å². The van der Waals surface area contributed by atoms with Gasteiger partial charge in [0.2, 0.25) is 0 Å². The third-order valence-electron chi connectivity index (χ3n) is 2.97. The molecule has 0 amide bonds. The second kappa shape index (κ2) is 4.45. The summed E-state index contributed by atoms with van der Waals surface area (Å²) in [5.41, 5.74) is 4.12. The van der Waals surface area contributed by atoms with Crippen LogP contribution in [0.2, 0.25) is 0 Å². The fourth-order valence-corrected chi connectivity index (χ4v) is 2.06. The van der Waals surface area contributed by atoms with E-state index in [2.05, 4.69) is 27.4 Å². The van der Waals surface area contributed by atoms with E-state index in [-0.39, 0.29) is 0 Å². The van der Waals surface area contributed by atoms with Gasteiger partial charge in [-0.1, -0.05) is 18.2 Å². The molecule has 0 saturated heterocycles. The molecule has 1 N–H and O–H groups in total. The van der Waals surface area contributed by atoms with Crippen LogP contribution in [0, 0.1) is 0 Å². The molecule has 0 atom stereocenters. The molecular weight excluding hydrogens is 222 g/mol. The van der Waals surface area contributed by atoms with Crippen molar-refractivity contribution >= 4 is 16.6 Å². The summed E-state index contributed by atoms with van der Waals surface area (Å²) >= 11 is 0. The number of aromatic nitrogens is 2. The van der Waals surface area contributed by atoms with Gasteiger partial charge < -0.3 is 5.32 Å². The second-order valence-corrected chi connectivity index (χ2v) is 4.06. The van der Waals surface area contributed by atoms with Crippen molar-refractivity contribution in [2.45, 2.75) is 0 Å². The van der Waals surface area contributed by atoms with Gasteiger partial charge in [-0.25, -0.2) is 0 Å². The number of anilines is 1. The van der Waals surface area contributed by atoms with Crippen LogP contribution in [-0.4, -0.2) is 17.0 Å². The maximum atomic E-state index is 4.44. The quantitative estimate of drug-likeness (QED) is 0.740. The zero-order valence-electron chi connectivity index (χ0n) is 10.1. The molecular formula is C15H13N3. The van der Waals surface area contributed by atoms with Gasteiger partial charge in [-0.15, -0.1) is 0 Å². The van der Waals surface area contributed by atoms with Crippen LogP contribution in [0.1, 0.15) is 0 Å². The fraction of sp³-hybridized carbons (Fsp3) is 0.0667. The van der Waals surface area contributed by atoms with E-state index in [4.69, 9.17) is 0 Å². The Labute approximate surface area is 106 Å². The minimum atomic E-state index is 0.959. The lowest BCUT2D eigenvalue weighted by Gasteiger charge is -2.07. The molecule has 0 saturated carbocycles. The van der Waals surface area contributed by atoms with Crippen LogP contribution in [0.25, 0.3) is 22.2 Å². The molecule has 3 nitrogen and oxygen atoms in total. The van der Waals surface area contributed by atoms with Crippen LogP contribution in [-0.2, 0) is 0 Å². The number of nitrogens with one attached hydrogen (secondary N) is 1. The van der Waals surface area contributed by atoms with Gasteiger partial charge in [0.15, 0.2) is 0 Å². The molecule has 2 heterocycles. The Hall–Kier alpha value is -2.42. The Morgan fingerprint density at radius 2 is 1.89 bits per heavy atom. The summed E-state index contributed by atoms with van der Waals surface area (Å²) in [6, 6.07) is 14.1. The van der Waals surface area contributed by atoms with Crippen LogP contribution >= 0.6 is 0 Å². The minimum absolute atomic E-state index is 0.959. The van der Waals surface area contributed by atoms with Crippen molar-refractivity contribution in [3.05, 3.63) is 54.9 Å². The van der Waals surface area contributed by atoms with Crippen molar-refractivity contribution in [1.29, 1.82) is 0 Å². The zero-order valence-corrected chi connectivity index (χ0v) is 10.1. The van der Waals surface area contributed by atoms with Crippen molar-refractivity contribution in [2.24, 2.45) is 0 Å². The molecule has 0 aliphatic rings. The summed E-state index contributed by atoms with van der Waals surface area (Å²) in [7, 11) is 1.91. The smallest absolute Gasteiger partial charge is 0.0729 e. The highest BCUT2D eigenvalue weighted by Crippen LogP contribution is 2.27. The Bertz CT molecular complexity index is 687. The SMILES string of the molecule is CNc1ccnc(-c2cccc3ncccc23)c1. The van der Waals surface area contributed by atoms with E-state index in [0.29, 0.717) is 0 Å². The molecule has 18 heavy (non-hydrogen) atoms. The van der Waals surface area contributed by atoms with E-state index in [1.807, 2.05) is 49.8 Å². The minimum Gasteiger partial charge on any atom is -0.388 e. The van der Waals surface area contributed by atoms with E-state index in [9.17, 15) is 0 Å². The number of benzene rings is 1. The van der Waals surface area contributed by atoms with Crippen LogP contribution < -0.4 is 5.32 Å². The average Bonchev–Trinajstić information content (AvgIpc) is 2.47. The Morgan fingerprint density at radius 1 is 0.944 bits per heavy atom. The predicted molar refractivity (Wildman–Crippen MR) is 74.5 cm³/mol. The van der Waals surface area contributed by atoms with Crippen LogP contribution in [0.4, 0.5) is 5.69 Å². The first kappa shape index (κ1) is 10.7. The van der Waals surface area contributed by atoms with Gasteiger partial charge in [0, 0.05) is 36.1 Å². The molecule has 0 radical (unpaired) electrons. The third kappa shape index (κ3) is 1.80.